The molecular weight excluding hydrogens is 434 g/mol. The van der Waals surface area contributed by atoms with Crippen LogP contribution in [0.2, 0.25) is 0 Å². The fraction of sp³-hybridized carbons (Fsp3) is 1.00. The Morgan fingerprint density at radius 3 is 1.56 bits per heavy atom. The van der Waals surface area contributed by atoms with Crippen LogP contribution in [-0.4, -0.2) is 23.0 Å². The summed E-state index contributed by atoms with van der Waals surface area (Å²) in [6, 6.07) is 2.81. The molecule has 6 aliphatic carbocycles. The molecule has 0 bridgehead atoms. The molecule has 6 saturated carbocycles. The number of rotatable bonds is 6. The highest BCUT2D eigenvalue weighted by Crippen LogP contribution is 2.57. The van der Waals surface area contributed by atoms with E-state index in [0.717, 1.165) is 59.6 Å². The Balaban J connectivity index is 1.13. The molecule has 206 valence electrons. The molecule has 1 heteroatoms. The summed E-state index contributed by atoms with van der Waals surface area (Å²) >= 11 is 0. The maximum Gasteiger partial charge on any atom is 0.0101 e. The second kappa shape index (κ2) is 12.4. The molecule has 0 N–H and O–H groups in total. The van der Waals surface area contributed by atoms with Crippen molar-refractivity contribution >= 4 is 0 Å². The van der Waals surface area contributed by atoms with Crippen LogP contribution < -0.4 is 0 Å². The summed E-state index contributed by atoms with van der Waals surface area (Å²) < 4.78 is 0. The normalized spacial score (nSPS) is 44.7. The summed E-state index contributed by atoms with van der Waals surface area (Å²) in [5, 5.41) is 0. The first-order chi connectivity index (χ1) is 17.8. The third kappa shape index (κ3) is 5.63. The number of nitrogens with zero attached hydrogens (tertiary/aromatic N) is 1. The predicted molar refractivity (Wildman–Crippen MR) is 154 cm³/mol. The number of hydrogen-bond acceptors (Lipinski definition) is 1. The van der Waals surface area contributed by atoms with Crippen molar-refractivity contribution in [1.82, 2.24) is 4.90 Å². The molecule has 0 aromatic carbocycles. The fourth-order valence-corrected chi connectivity index (χ4v) is 11.7. The minimum atomic E-state index is 0.933. The van der Waals surface area contributed by atoms with Crippen molar-refractivity contribution in [2.45, 2.75) is 179 Å². The minimum absolute atomic E-state index is 0.933. The molecule has 4 atom stereocenters. The van der Waals surface area contributed by atoms with Crippen molar-refractivity contribution in [2.24, 2.45) is 41.4 Å². The van der Waals surface area contributed by atoms with E-state index in [1.165, 1.54) is 70.6 Å². The van der Waals surface area contributed by atoms with Crippen molar-refractivity contribution in [1.29, 1.82) is 0 Å². The van der Waals surface area contributed by atoms with Gasteiger partial charge in [0, 0.05) is 18.1 Å². The van der Waals surface area contributed by atoms with Gasteiger partial charge in [-0.15, -0.1) is 0 Å². The topological polar surface area (TPSA) is 3.24 Å². The molecular formula is C35H61N. The molecule has 1 nitrogen and oxygen atoms in total. The summed E-state index contributed by atoms with van der Waals surface area (Å²) in [5.74, 6) is 7.77. The van der Waals surface area contributed by atoms with E-state index in [9.17, 15) is 0 Å². The largest absolute Gasteiger partial charge is 0.294 e. The molecule has 0 radical (unpaired) electrons. The molecule has 0 aliphatic heterocycles. The Kier molecular flexibility index (Phi) is 9.04. The molecule has 0 aromatic heterocycles. The first-order valence-electron chi connectivity index (χ1n) is 17.6. The molecule has 6 fully saturated rings. The van der Waals surface area contributed by atoms with Crippen LogP contribution in [0.3, 0.4) is 0 Å². The van der Waals surface area contributed by atoms with E-state index in [1.807, 2.05) is 0 Å². The first-order valence-corrected chi connectivity index (χ1v) is 17.6. The summed E-state index contributed by atoms with van der Waals surface area (Å²) in [5.41, 5.74) is 0. The van der Waals surface area contributed by atoms with Crippen LogP contribution in [0.5, 0.6) is 0 Å². The Morgan fingerprint density at radius 2 is 0.972 bits per heavy atom. The highest BCUT2D eigenvalue weighted by molar-refractivity contribution is 5.00. The zero-order valence-electron chi connectivity index (χ0n) is 24.2. The van der Waals surface area contributed by atoms with E-state index < -0.39 is 0 Å². The zero-order chi connectivity index (χ0) is 24.3. The summed E-state index contributed by atoms with van der Waals surface area (Å²) in [7, 11) is 0. The van der Waals surface area contributed by atoms with E-state index in [2.05, 4.69) is 11.8 Å². The third-order valence-electron chi connectivity index (χ3n) is 13.2. The zero-order valence-corrected chi connectivity index (χ0v) is 24.2. The van der Waals surface area contributed by atoms with Gasteiger partial charge < -0.3 is 0 Å². The maximum absolute atomic E-state index is 3.24. The van der Waals surface area contributed by atoms with Gasteiger partial charge in [-0.1, -0.05) is 77.6 Å². The molecule has 0 aromatic rings. The molecule has 0 saturated heterocycles. The van der Waals surface area contributed by atoms with Crippen molar-refractivity contribution in [3.63, 3.8) is 0 Å². The van der Waals surface area contributed by atoms with E-state index in [1.54, 1.807) is 83.5 Å². The van der Waals surface area contributed by atoms with Crippen molar-refractivity contribution in [3.8, 4) is 0 Å². The maximum atomic E-state index is 3.24. The second-order valence-corrected chi connectivity index (χ2v) is 15.0. The van der Waals surface area contributed by atoms with Crippen LogP contribution in [0.15, 0.2) is 0 Å². The number of fused-ring (bicyclic) bond motifs is 2. The van der Waals surface area contributed by atoms with E-state index >= 15 is 0 Å². The van der Waals surface area contributed by atoms with E-state index in [0.29, 0.717) is 0 Å². The molecule has 6 aliphatic rings. The predicted octanol–water partition coefficient (Wildman–Crippen LogP) is 10.2. The average Bonchev–Trinajstić information content (AvgIpc) is 2.94. The lowest BCUT2D eigenvalue weighted by molar-refractivity contribution is -0.0599. The molecule has 0 heterocycles. The Bertz CT molecular complexity index is 628. The van der Waals surface area contributed by atoms with E-state index in [-0.39, 0.29) is 0 Å². The van der Waals surface area contributed by atoms with Crippen LogP contribution in [-0.2, 0) is 0 Å². The molecule has 0 spiro atoms. The fourth-order valence-electron chi connectivity index (χ4n) is 11.7. The van der Waals surface area contributed by atoms with Crippen LogP contribution in [0.4, 0.5) is 0 Å². The lowest BCUT2D eigenvalue weighted by Crippen LogP contribution is -2.53. The molecule has 36 heavy (non-hydrogen) atoms. The van der Waals surface area contributed by atoms with Crippen LogP contribution >= 0.6 is 0 Å². The lowest BCUT2D eigenvalue weighted by atomic mass is 9.51. The minimum Gasteiger partial charge on any atom is -0.294 e. The quantitative estimate of drug-likeness (QED) is 0.354. The Labute approximate surface area is 225 Å². The van der Waals surface area contributed by atoms with Gasteiger partial charge in [0.25, 0.3) is 0 Å². The SMILES string of the molecule is CCCC1CCC(N(C2CCCCC2)C2CCC(C3C4CCCCC4CC4CCCCC43)CC2)CC1. The second-order valence-electron chi connectivity index (χ2n) is 15.0. The van der Waals surface area contributed by atoms with Gasteiger partial charge in [-0.2, -0.15) is 0 Å². The smallest absolute Gasteiger partial charge is 0.0101 e. The lowest BCUT2D eigenvalue weighted by Gasteiger charge is -2.56. The Morgan fingerprint density at radius 1 is 0.472 bits per heavy atom. The highest BCUT2D eigenvalue weighted by Gasteiger charge is 2.49. The summed E-state index contributed by atoms with van der Waals surface area (Å²) in [6.45, 7) is 2.40. The van der Waals surface area contributed by atoms with Gasteiger partial charge in [0.05, 0.1) is 0 Å². The molecule has 0 amide bonds. The van der Waals surface area contributed by atoms with Gasteiger partial charge in [-0.05, 0) is 125 Å². The van der Waals surface area contributed by atoms with E-state index in [4.69, 9.17) is 0 Å². The standard InChI is InChI=1S/C35H61N/c1-2-10-26-17-21-31(22-18-26)36(30-13-4-3-5-14-30)32-23-19-27(20-24-32)35-33-15-8-6-11-28(33)25-29-12-7-9-16-34(29)35/h26-35H,2-25H2,1H3. The van der Waals surface area contributed by atoms with Gasteiger partial charge in [-0.25, -0.2) is 0 Å². The number of hydrogen-bond donors (Lipinski definition) is 0. The van der Waals surface area contributed by atoms with Gasteiger partial charge in [0.1, 0.15) is 0 Å². The van der Waals surface area contributed by atoms with Gasteiger partial charge >= 0.3 is 0 Å². The van der Waals surface area contributed by atoms with Crippen LogP contribution in [0, 0.1) is 41.4 Å². The summed E-state index contributed by atoms with van der Waals surface area (Å²) in [6.07, 6.45) is 37.1. The third-order valence-corrected chi connectivity index (χ3v) is 13.2. The van der Waals surface area contributed by atoms with Crippen LogP contribution in [0.25, 0.3) is 0 Å². The van der Waals surface area contributed by atoms with Crippen LogP contribution in [0.1, 0.15) is 161 Å². The summed E-state index contributed by atoms with van der Waals surface area (Å²) in [4.78, 5) is 3.24. The van der Waals surface area contributed by atoms with Crippen molar-refractivity contribution in [2.75, 3.05) is 0 Å². The Hall–Kier alpha value is -0.0400. The molecule has 4 unspecified atom stereocenters. The molecule has 6 rings (SSSR count). The monoisotopic (exact) mass is 495 g/mol. The highest BCUT2D eigenvalue weighted by atomic mass is 15.2. The van der Waals surface area contributed by atoms with Gasteiger partial charge in [0.2, 0.25) is 0 Å². The van der Waals surface area contributed by atoms with Gasteiger partial charge in [-0.3, -0.25) is 4.90 Å². The van der Waals surface area contributed by atoms with Crippen molar-refractivity contribution < 1.29 is 0 Å². The first kappa shape index (κ1) is 26.2. The van der Waals surface area contributed by atoms with Gasteiger partial charge in [0.15, 0.2) is 0 Å². The van der Waals surface area contributed by atoms with Crippen molar-refractivity contribution in [3.05, 3.63) is 0 Å². The average molecular weight is 496 g/mol.